The molecule has 0 radical (unpaired) electrons. The van der Waals surface area contributed by atoms with Gasteiger partial charge in [0, 0.05) is 50.1 Å². The Hall–Kier alpha value is -3.69. The number of benzene rings is 2. The molecule has 2 aliphatic heterocycles. The van der Waals surface area contributed by atoms with Crippen LogP contribution in [-0.4, -0.2) is 60.2 Å². The van der Waals surface area contributed by atoms with Crippen LogP contribution in [0.1, 0.15) is 33.3 Å². The fourth-order valence-corrected chi connectivity index (χ4v) is 4.50. The lowest BCUT2D eigenvalue weighted by molar-refractivity contribution is -0.143. The molecule has 3 N–H and O–H groups in total. The standard InChI is InChI=1S/C25H28N6O3/c1-34-22(17-5-3-2-4-6-17)25(33)31-15-20-21(16-31)28-29-23(20)27-24(32)18-7-9-19(10-8-18)30-13-11-26-12-14-30/h2-10,22,26H,11-16H2,1H3,(H2,27,28,29,32)/t22-/m1/s1. The monoisotopic (exact) mass is 460 g/mol. The number of carbonyl (C=O) groups excluding carboxylic acids is 2. The van der Waals surface area contributed by atoms with Gasteiger partial charge in [0.05, 0.1) is 18.8 Å². The fraction of sp³-hybridized carbons (Fsp3) is 0.320. The van der Waals surface area contributed by atoms with Gasteiger partial charge >= 0.3 is 0 Å². The Kier molecular flexibility index (Phi) is 6.29. The minimum absolute atomic E-state index is 0.126. The Balaban J connectivity index is 1.24. The number of aromatic amines is 1. The van der Waals surface area contributed by atoms with E-state index >= 15 is 0 Å². The van der Waals surface area contributed by atoms with Gasteiger partial charge in [-0.1, -0.05) is 30.3 Å². The average molecular weight is 461 g/mol. The van der Waals surface area contributed by atoms with Gasteiger partial charge in [0.15, 0.2) is 11.9 Å². The van der Waals surface area contributed by atoms with Crippen molar-refractivity contribution in [3.05, 3.63) is 77.0 Å². The van der Waals surface area contributed by atoms with Gasteiger partial charge in [-0.3, -0.25) is 14.7 Å². The summed E-state index contributed by atoms with van der Waals surface area (Å²) in [6.45, 7) is 4.58. The summed E-state index contributed by atoms with van der Waals surface area (Å²) in [6, 6.07) is 17.0. The summed E-state index contributed by atoms with van der Waals surface area (Å²) in [5.74, 6) is 0.0965. The average Bonchev–Trinajstić information content (AvgIpc) is 3.48. The first kappa shape index (κ1) is 22.1. The first-order valence-electron chi connectivity index (χ1n) is 11.4. The molecule has 0 spiro atoms. The van der Waals surface area contributed by atoms with Crippen molar-refractivity contribution in [3.63, 3.8) is 0 Å². The summed E-state index contributed by atoms with van der Waals surface area (Å²) in [5.41, 5.74) is 4.12. The highest BCUT2D eigenvalue weighted by Gasteiger charge is 2.33. The van der Waals surface area contributed by atoms with E-state index in [2.05, 4.69) is 25.7 Å². The number of amides is 2. The van der Waals surface area contributed by atoms with Gasteiger partial charge in [0.2, 0.25) is 0 Å². The van der Waals surface area contributed by atoms with Crippen LogP contribution in [0.2, 0.25) is 0 Å². The maximum Gasteiger partial charge on any atom is 0.256 e. The van der Waals surface area contributed by atoms with E-state index in [0.29, 0.717) is 24.5 Å². The maximum atomic E-state index is 13.1. The molecule has 2 amide bonds. The molecule has 9 nitrogen and oxygen atoms in total. The van der Waals surface area contributed by atoms with Gasteiger partial charge in [0.25, 0.3) is 11.8 Å². The molecule has 176 valence electrons. The van der Waals surface area contributed by atoms with E-state index in [1.165, 1.54) is 7.11 Å². The summed E-state index contributed by atoms with van der Waals surface area (Å²) in [7, 11) is 1.53. The molecule has 3 aromatic rings. The summed E-state index contributed by atoms with van der Waals surface area (Å²) >= 11 is 0. The number of hydrogen-bond donors (Lipinski definition) is 3. The van der Waals surface area contributed by atoms with E-state index in [4.69, 9.17) is 4.74 Å². The number of rotatable bonds is 6. The first-order chi connectivity index (χ1) is 16.6. The van der Waals surface area contributed by atoms with Crippen molar-refractivity contribution in [2.75, 3.05) is 43.5 Å². The number of piperazine rings is 1. The van der Waals surface area contributed by atoms with Gasteiger partial charge in [-0.05, 0) is 29.8 Å². The number of nitrogens with one attached hydrogen (secondary N) is 3. The second-order valence-corrected chi connectivity index (χ2v) is 8.49. The molecule has 2 aliphatic rings. The number of ether oxygens (including phenoxy) is 1. The molecule has 1 fully saturated rings. The zero-order valence-corrected chi connectivity index (χ0v) is 19.1. The van der Waals surface area contributed by atoms with Crippen LogP contribution in [0.5, 0.6) is 0 Å². The van der Waals surface area contributed by atoms with E-state index in [9.17, 15) is 9.59 Å². The van der Waals surface area contributed by atoms with E-state index < -0.39 is 6.10 Å². The van der Waals surface area contributed by atoms with Crippen molar-refractivity contribution < 1.29 is 14.3 Å². The second-order valence-electron chi connectivity index (χ2n) is 8.49. The Morgan fingerprint density at radius 3 is 2.47 bits per heavy atom. The third-order valence-electron chi connectivity index (χ3n) is 6.37. The molecule has 0 bridgehead atoms. The summed E-state index contributed by atoms with van der Waals surface area (Å²) in [5, 5.41) is 13.5. The van der Waals surface area contributed by atoms with Crippen molar-refractivity contribution >= 4 is 23.3 Å². The number of carbonyl (C=O) groups is 2. The minimum Gasteiger partial charge on any atom is -0.369 e. The zero-order chi connectivity index (χ0) is 23.5. The molecular formula is C25H28N6O3. The summed E-state index contributed by atoms with van der Waals surface area (Å²) < 4.78 is 5.50. The number of aromatic nitrogens is 2. The predicted molar refractivity (Wildman–Crippen MR) is 129 cm³/mol. The molecule has 1 atom stereocenters. The summed E-state index contributed by atoms with van der Waals surface area (Å²) in [6.07, 6.45) is -0.676. The lowest BCUT2D eigenvalue weighted by Gasteiger charge is -2.29. The molecular weight excluding hydrogens is 432 g/mol. The van der Waals surface area contributed by atoms with E-state index in [0.717, 1.165) is 48.7 Å². The highest BCUT2D eigenvalue weighted by molar-refractivity contribution is 6.04. The van der Waals surface area contributed by atoms with Gasteiger partial charge < -0.3 is 25.2 Å². The molecule has 34 heavy (non-hydrogen) atoms. The largest absolute Gasteiger partial charge is 0.369 e. The Morgan fingerprint density at radius 1 is 1.03 bits per heavy atom. The Labute approximate surface area is 198 Å². The van der Waals surface area contributed by atoms with E-state index in [1.54, 1.807) is 4.90 Å². The molecule has 0 saturated carbocycles. The lowest BCUT2D eigenvalue weighted by Crippen LogP contribution is -2.43. The molecule has 3 heterocycles. The highest BCUT2D eigenvalue weighted by atomic mass is 16.5. The zero-order valence-electron chi connectivity index (χ0n) is 19.1. The van der Waals surface area contributed by atoms with Crippen molar-refractivity contribution in [3.8, 4) is 0 Å². The third-order valence-corrected chi connectivity index (χ3v) is 6.37. The van der Waals surface area contributed by atoms with Crippen LogP contribution >= 0.6 is 0 Å². The molecule has 1 aromatic heterocycles. The fourth-order valence-electron chi connectivity index (χ4n) is 4.50. The lowest BCUT2D eigenvalue weighted by atomic mass is 10.1. The van der Waals surface area contributed by atoms with Crippen molar-refractivity contribution in [2.45, 2.75) is 19.2 Å². The first-order valence-corrected chi connectivity index (χ1v) is 11.4. The molecule has 9 heteroatoms. The quantitative estimate of drug-likeness (QED) is 0.522. The van der Waals surface area contributed by atoms with Crippen LogP contribution in [0.25, 0.3) is 0 Å². The predicted octanol–water partition coefficient (Wildman–Crippen LogP) is 2.30. The van der Waals surface area contributed by atoms with Crippen LogP contribution in [0.4, 0.5) is 11.5 Å². The molecule has 5 rings (SSSR count). The highest BCUT2D eigenvalue weighted by Crippen LogP contribution is 2.30. The van der Waals surface area contributed by atoms with Gasteiger partial charge in [-0.2, -0.15) is 5.10 Å². The molecule has 0 aliphatic carbocycles. The Bertz CT molecular complexity index is 1160. The number of fused-ring (bicyclic) bond motifs is 1. The van der Waals surface area contributed by atoms with Crippen molar-refractivity contribution in [2.24, 2.45) is 0 Å². The van der Waals surface area contributed by atoms with Crippen LogP contribution in [0, 0.1) is 0 Å². The van der Waals surface area contributed by atoms with E-state index in [-0.39, 0.29) is 11.8 Å². The number of anilines is 2. The molecule has 0 unspecified atom stereocenters. The third kappa shape index (κ3) is 4.40. The van der Waals surface area contributed by atoms with Crippen molar-refractivity contribution in [1.29, 1.82) is 0 Å². The number of hydrogen-bond acceptors (Lipinski definition) is 6. The van der Waals surface area contributed by atoms with Crippen LogP contribution in [0.15, 0.2) is 54.6 Å². The van der Waals surface area contributed by atoms with E-state index in [1.807, 2.05) is 54.6 Å². The van der Waals surface area contributed by atoms with Crippen LogP contribution in [0.3, 0.4) is 0 Å². The molecule has 1 saturated heterocycles. The Morgan fingerprint density at radius 2 is 1.76 bits per heavy atom. The topological polar surface area (TPSA) is 103 Å². The van der Waals surface area contributed by atoms with Crippen LogP contribution < -0.4 is 15.5 Å². The normalized spacial score (nSPS) is 16.3. The van der Waals surface area contributed by atoms with Crippen LogP contribution in [-0.2, 0) is 22.6 Å². The number of nitrogens with zero attached hydrogens (tertiary/aromatic N) is 3. The number of H-pyrrole nitrogens is 1. The SMILES string of the molecule is CO[C@@H](C(=O)N1Cc2[nH]nc(NC(=O)c3ccc(N4CCNCC4)cc3)c2C1)c1ccccc1. The van der Waals surface area contributed by atoms with Gasteiger partial charge in [-0.25, -0.2) is 0 Å². The minimum atomic E-state index is -0.676. The van der Waals surface area contributed by atoms with Gasteiger partial charge in [-0.15, -0.1) is 0 Å². The molecule has 2 aromatic carbocycles. The van der Waals surface area contributed by atoms with Gasteiger partial charge in [0.1, 0.15) is 0 Å². The number of methoxy groups -OCH3 is 1. The second kappa shape index (κ2) is 9.66. The van der Waals surface area contributed by atoms with Crippen molar-refractivity contribution in [1.82, 2.24) is 20.4 Å². The summed E-state index contributed by atoms with van der Waals surface area (Å²) in [4.78, 5) is 30.0. The maximum absolute atomic E-state index is 13.1. The smallest absolute Gasteiger partial charge is 0.256 e.